The van der Waals surface area contributed by atoms with Crippen LogP contribution in [-0.4, -0.2) is 24.9 Å². The predicted molar refractivity (Wildman–Crippen MR) is 79.3 cm³/mol. The van der Waals surface area contributed by atoms with E-state index >= 15 is 0 Å². The average Bonchev–Trinajstić information content (AvgIpc) is 2.48. The van der Waals surface area contributed by atoms with Gasteiger partial charge < -0.3 is 9.64 Å². The topological polar surface area (TPSA) is 42.4 Å². The minimum Gasteiger partial charge on any atom is -0.496 e. The number of anilines is 1. The van der Waals surface area contributed by atoms with Crippen LogP contribution in [0.5, 0.6) is 5.75 Å². The Morgan fingerprint density at radius 2 is 2.00 bits per heavy atom. The molecule has 0 saturated carbocycles. The molecule has 1 aromatic carbocycles. The molecule has 0 aliphatic carbocycles. The number of aromatic nitrogens is 1. The van der Waals surface area contributed by atoms with Crippen molar-refractivity contribution in [2.24, 2.45) is 0 Å². The van der Waals surface area contributed by atoms with E-state index in [9.17, 15) is 4.79 Å². The van der Waals surface area contributed by atoms with Crippen LogP contribution in [-0.2, 0) is 6.54 Å². The Morgan fingerprint density at radius 3 is 2.60 bits per heavy atom. The summed E-state index contributed by atoms with van der Waals surface area (Å²) in [5, 5.41) is 0. The molecule has 104 valence electrons. The lowest BCUT2D eigenvalue weighted by molar-refractivity contribution is 0.101. The summed E-state index contributed by atoms with van der Waals surface area (Å²) in [5.74, 6) is 1.71. The van der Waals surface area contributed by atoms with Crippen molar-refractivity contribution in [3.8, 4) is 5.75 Å². The van der Waals surface area contributed by atoms with Gasteiger partial charge in [-0.3, -0.25) is 4.79 Å². The number of Topliss-reactive ketones (excluding diaryl/α,β-unsaturated/α-hetero) is 1. The van der Waals surface area contributed by atoms with Crippen molar-refractivity contribution >= 4 is 11.6 Å². The Kier molecular flexibility index (Phi) is 4.35. The van der Waals surface area contributed by atoms with Gasteiger partial charge in [0.25, 0.3) is 0 Å². The Morgan fingerprint density at radius 1 is 1.25 bits per heavy atom. The van der Waals surface area contributed by atoms with Gasteiger partial charge in [-0.15, -0.1) is 0 Å². The summed E-state index contributed by atoms with van der Waals surface area (Å²) in [7, 11) is 3.63. The van der Waals surface area contributed by atoms with E-state index in [1.807, 2.05) is 42.3 Å². The normalized spacial score (nSPS) is 10.2. The maximum Gasteiger partial charge on any atom is 0.161 e. The van der Waals surface area contributed by atoms with Crippen LogP contribution in [0.15, 0.2) is 42.6 Å². The van der Waals surface area contributed by atoms with E-state index < -0.39 is 0 Å². The molecule has 0 unspecified atom stereocenters. The van der Waals surface area contributed by atoms with Crippen LogP contribution in [0.25, 0.3) is 0 Å². The Hall–Kier alpha value is -2.36. The number of para-hydroxylation sites is 1. The third-order valence-corrected chi connectivity index (χ3v) is 3.15. The van der Waals surface area contributed by atoms with Gasteiger partial charge in [0.2, 0.25) is 0 Å². The highest BCUT2D eigenvalue weighted by molar-refractivity contribution is 5.93. The van der Waals surface area contributed by atoms with E-state index in [1.165, 1.54) is 6.92 Å². The van der Waals surface area contributed by atoms with Crippen molar-refractivity contribution in [2.45, 2.75) is 13.5 Å². The van der Waals surface area contributed by atoms with Crippen molar-refractivity contribution in [3.05, 3.63) is 53.7 Å². The van der Waals surface area contributed by atoms with Gasteiger partial charge in [0.15, 0.2) is 5.78 Å². The Balaban J connectivity index is 2.15. The van der Waals surface area contributed by atoms with E-state index in [0.29, 0.717) is 12.1 Å². The third-order valence-electron chi connectivity index (χ3n) is 3.15. The maximum atomic E-state index is 11.2. The first kappa shape index (κ1) is 14.1. The highest BCUT2D eigenvalue weighted by atomic mass is 16.5. The van der Waals surface area contributed by atoms with Gasteiger partial charge in [-0.25, -0.2) is 4.98 Å². The summed E-state index contributed by atoms with van der Waals surface area (Å²) in [5.41, 5.74) is 1.72. The molecule has 1 heterocycles. The molecule has 0 saturated heterocycles. The van der Waals surface area contributed by atoms with Crippen LogP contribution in [0, 0.1) is 0 Å². The van der Waals surface area contributed by atoms with Gasteiger partial charge >= 0.3 is 0 Å². The van der Waals surface area contributed by atoms with E-state index in [4.69, 9.17) is 4.74 Å². The molecule has 4 heteroatoms. The monoisotopic (exact) mass is 270 g/mol. The van der Waals surface area contributed by atoms with Crippen molar-refractivity contribution in [1.29, 1.82) is 0 Å². The molecule has 20 heavy (non-hydrogen) atoms. The first-order chi connectivity index (χ1) is 9.61. The zero-order valence-corrected chi connectivity index (χ0v) is 12.0. The number of benzene rings is 1. The predicted octanol–water partition coefficient (Wildman–Crippen LogP) is 2.93. The van der Waals surface area contributed by atoms with Gasteiger partial charge in [-0.1, -0.05) is 18.2 Å². The molecule has 0 aliphatic rings. The molecule has 1 aromatic heterocycles. The lowest BCUT2D eigenvalue weighted by Crippen LogP contribution is -2.18. The summed E-state index contributed by atoms with van der Waals surface area (Å²) in [6.07, 6.45) is 1.61. The second-order valence-corrected chi connectivity index (χ2v) is 4.63. The number of carbonyl (C=O) groups excluding carboxylic acids is 1. The smallest absolute Gasteiger partial charge is 0.161 e. The standard InChI is InChI=1S/C16H18N2O2/c1-12(19)13-8-9-16(17-10-13)18(2)11-14-6-4-5-7-15(14)20-3/h4-10H,11H2,1-3H3. The molecule has 0 radical (unpaired) electrons. The highest BCUT2D eigenvalue weighted by Gasteiger charge is 2.08. The van der Waals surface area contributed by atoms with Crippen LogP contribution >= 0.6 is 0 Å². The van der Waals surface area contributed by atoms with Gasteiger partial charge in [0.05, 0.1) is 7.11 Å². The Bertz CT molecular complexity index is 594. The fraction of sp³-hybridized carbons (Fsp3) is 0.250. The summed E-state index contributed by atoms with van der Waals surface area (Å²) >= 11 is 0. The number of rotatable bonds is 5. The number of ether oxygens (including phenoxy) is 1. The zero-order valence-electron chi connectivity index (χ0n) is 12.0. The van der Waals surface area contributed by atoms with E-state index in [1.54, 1.807) is 19.4 Å². The quantitative estimate of drug-likeness (QED) is 0.783. The fourth-order valence-electron chi connectivity index (χ4n) is 1.99. The molecule has 0 spiro atoms. The van der Waals surface area contributed by atoms with Crippen molar-refractivity contribution < 1.29 is 9.53 Å². The molecule has 0 bridgehead atoms. The van der Waals surface area contributed by atoms with Crippen molar-refractivity contribution in [1.82, 2.24) is 4.98 Å². The number of ketones is 1. The summed E-state index contributed by atoms with van der Waals surface area (Å²) in [6.45, 7) is 2.23. The first-order valence-corrected chi connectivity index (χ1v) is 6.42. The van der Waals surface area contributed by atoms with Gasteiger partial charge in [0.1, 0.15) is 11.6 Å². The minimum atomic E-state index is 0.0245. The number of nitrogens with zero attached hydrogens (tertiary/aromatic N) is 2. The largest absolute Gasteiger partial charge is 0.496 e. The molecule has 0 aliphatic heterocycles. The lowest BCUT2D eigenvalue weighted by Gasteiger charge is -2.19. The highest BCUT2D eigenvalue weighted by Crippen LogP contribution is 2.21. The molecule has 2 rings (SSSR count). The second-order valence-electron chi connectivity index (χ2n) is 4.63. The third kappa shape index (κ3) is 3.15. The van der Waals surface area contributed by atoms with Crippen molar-refractivity contribution in [3.63, 3.8) is 0 Å². The summed E-state index contributed by atoms with van der Waals surface area (Å²) in [4.78, 5) is 17.6. The molecular formula is C16H18N2O2. The Labute approximate surface area is 119 Å². The maximum absolute atomic E-state index is 11.2. The molecule has 0 fully saturated rings. The van der Waals surface area contributed by atoms with Crippen molar-refractivity contribution in [2.75, 3.05) is 19.1 Å². The van der Waals surface area contributed by atoms with Crippen LogP contribution in [0.1, 0.15) is 22.8 Å². The summed E-state index contributed by atoms with van der Waals surface area (Å²) in [6, 6.07) is 11.5. The van der Waals surface area contributed by atoms with Crippen LogP contribution in [0.3, 0.4) is 0 Å². The number of methoxy groups -OCH3 is 1. The number of pyridine rings is 1. The average molecular weight is 270 g/mol. The van der Waals surface area contributed by atoms with Crippen LogP contribution in [0.4, 0.5) is 5.82 Å². The summed E-state index contributed by atoms with van der Waals surface area (Å²) < 4.78 is 5.34. The molecule has 0 amide bonds. The zero-order chi connectivity index (χ0) is 14.5. The fourth-order valence-corrected chi connectivity index (χ4v) is 1.99. The van der Waals surface area contributed by atoms with Gasteiger partial charge in [-0.2, -0.15) is 0 Å². The molecule has 2 aromatic rings. The lowest BCUT2D eigenvalue weighted by atomic mass is 10.2. The molecule has 0 N–H and O–H groups in total. The number of hydrogen-bond donors (Lipinski definition) is 0. The van der Waals surface area contributed by atoms with Crippen LogP contribution < -0.4 is 9.64 Å². The first-order valence-electron chi connectivity index (χ1n) is 6.42. The minimum absolute atomic E-state index is 0.0245. The second kappa shape index (κ2) is 6.19. The SMILES string of the molecule is COc1ccccc1CN(C)c1ccc(C(C)=O)cn1. The van der Waals surface area contributed by atoms with Gasteiger partial charge in [0, 0.05) is 30.9 Å². The number of hydrogen-bond acceptors (Lipinski definition) is 4. The molecular weight excluding hydrogens is 252 g/mol. The molecule has 4 nitrogen and oxygen atoms in total. The number of carbonyl (C=O) groups is 1. The van der Waals surface area contributed by atoms with E-state index in [0.717, 1.165) is 17.1 Å². The van der Waals surface area contributed by atoms with E-state index in [2.05, 4.69) is 4.98 Å². The van der Waals surface area contributed by atoms with Gasteiger partial charge in [-0.05, 0) is 25.1 Å². The van der Waals surface area contributed by atoms with E-state index in [-0.39, 0.29) is 5.78 Å². The molecule has 0 atom stereocenters. The van der Waals surface area contributed by atoms with Crippen LogP contribution in [0.2, 0.25) is 0 Å².